The summed E-state index contributed by atoms with van der Waals surface area (Å²) in [6, 6.07) is 0.852. The first-order valence-corrected chi connectivity index (χ1v) is 5.95. The molecule has 0 bridgehead atoms. The lowest BCUT2D eigenvalue weighted by atomic mass is 10.1. The predicted octanol–water partition coefficient (Wildman–Crippen LogP) is -0.407. The van der Waals surface area contributed by atoms with E-state index >= 15 is 0 Å². The molecule has 0 amide bonds. The van der Waals surface area contributed by atoms with Gasteiger partial charge < -0.3 is 10.4 Å². The summed E-state index contributed by atoms with van der Waals surface area (Å²) in [6.45, 7) is 10.2. The van der Waals surface area contributed by atoms with Crippen molar-refractivity contribution in [3.05, 3.63) is 0 Å². The fourth-order valence-corrected chi connectivity index (χ4v) is 2.26. The molecule has 4 heteroatoms. The topological polar surface area (TPSA) is 38.7 Å². The normalized spacial score (nSPS) is 26.8. The smallest absolute Gasteiger partial charge is 0.0597 e. The zero-order valence-corrected chi connectivity index (χ0v) is 10.2. The Hall–Kier alpha value is -0.160. The summed E-state index contributed by atoms with van der Waals surface area (Å²) >= 11 is 0. The van der Waals surface area contributed by atoms with Gasteiger partial charge in [0.1, 0.15) is 0 Å². The number of hydrogen-bond acceptors (Lipinski definition) is 4. The average molecular weight is 215 g/mol. The van der Waals surface area contributed by atoms with Gasteiger partial charge in [0.2, 0.25) is 0 Å². The van der Waals surface area contributed by atoms with E-state index in [0.717, 1.165) is 32.7 Å². The summed E-state index contributed by atoms with van der Waals surface area (Å²) in [7, 11) is 1.91. The van der Waals surface area contributed by atoms with Gasteiger partial charge in [-0.1, -0.05) is 6.92 Å². The number of hydrogen-bond donors (Lipinski definition) is 2. The van der Waals surface area contributed by atoms with Crippen LogP contribution < -0.4 is 5.32 Å². The van der Waals surface area contributed by atoms with Crippen molar-refractivity contribution in [2.45, 2.75) is 25.9 Å². The van der Waals surface area contributed by atoms with Crippen LogP contribution in [0, 0.1) is 0 Å². The number of nitrogens with zero attached hydrogens (tertiary/aromatic N) is 2. The Labute approximate surface area is 93.2 Å². The molecule has 0 aromatic rings. The molecule has 2 atom stereocenters. The number of aliphatic hydroxyl groups excluding tert-OH is 1. The lowest BCUT2D eigenvalue weighted by Gasteiger charge is -2.40. The minimum absolute atomic E-state index is 0.213. The van der Waals surface area contributed by atoms with Crippen molar-refractivity contribution in [2.24, 2.45) is 0 Å². The number of rotatable bonds is 5. The van der Waals surface area contributed by atoms with Crippen molar-refractivity contribution < 1.29 is 5.11 Å². The molecule has 1 aliphatic heterocycles. The molecule has 0 saturated carbocycles. The van der Waals surface area contributed by atoms with E-state index in [-0.39, 0.29) is 12.6 Å². The minimum Gasteiger partial charge on any atom is -0.395 e. The van der Waals surface area contributed by atoms with Crippen molar-refractivity contribution in [1.29, 1.82) is 0 Å². The van der Waals surface area contributed by atoms with Gasteiger partial charge in [-0.25, -0.2) is 0 Å². The summed E-state index contributed by atoms with van der Waals surface area (Å²) in [4.78, 5) is 4.94. The first-order valence-electron chi connectivity index (χ1n) is 5.95. The lowest BCUT2D eigenvalue weighted by Crippen LogP contribution is -2.54. The first kappa shape index (κ1) is 12.9. The van der Waals surface area contributed by atoms with Crippen molar-refractivity contribution in [3.8, 4) is 0 Å². The Morgan fingerprint density at radius 3 is 2.67 bits per heavy atom. The van der Waals surface area contributed by atoms with Crippen LogP contribution in [-0.4, -0.2) is 73.4 Å². The molecule has 15 heavy (non-hydrogen) atoms. The number of aliphatic hydroxyl groups is 1. The van der Waals surface area contributed by atoms with Gasteiger partial charge in [0.25, 0.3) is 0 Å². The fraction of sp³-hybridized carbons (Fsp3) is 1.00. The maximum Gasteiger partial charge on any atom is 0.0597 e. The molecule has 90 valence electrons. The molecule has 1 saturated heterocycles. The summed E-state index contributed by atoms with van der Waals surface area (Å²) in [5.41, 5.74) is 0. The third-order valence-electron chi connectivity index (χ3n) is 3.36. The van der Waals surface area contributed by atoms with Gasteiger partial charge in [-0.3, -0.25) is 9.80 Å². The van der Waals surface area contributed by atoms with Gasteiger partial charge in [-0.15, -0.1) is 0 Å². The molecule has 1 rings (SSSR count). The molecule has 1 aliphatic rings. The predicted molar refractivity (Wildman–Crippen MR) is 63.1 cm³/mol. The van der Waals surface area contributed by atoms with Gasteiger partial charge in [0.15, 0.2) is 0 Å². The lowest BCUT2D eigenvalue weighted by molar-refractivity contribution is 0.0750. The van der Waals surface area contributed by atoms with Gasteiger partial charge >= 0.3 is 0 Å². The second-order valence-corrected chi connectivity index (χ2v) is 4.41. The third kappa shape index (κ3) is 3.72. The van der Waals surface area contributed by atoms with E-state index < -0.39 is 0 Å². The minimum atomic E-state index is 0.213. The van der Waals surface area contributed by atoms with E-state index in [4.69, 9.17) is 5.11 Å². The highest BCUT2D eigenvalue weighted by molar-refractivity contribution is 4.80. The molecule has 2 N–H and O–H groups in total. The summed E-state index contributed by atoms with van der Waals surface area (Å²) < 4.78 is 0. The standard InChI is InChI=1S/C11H25N3O/c1-4-14-6-5-13(7-10(14)2)8-11(9-15)12-3/h10-12,15H,4-9H2,1-3H3. The Balaban J connectivity index is 2.33. The molecule has 0 aromatic heterocycles. The van der Waals surface area contributed by atoms with Crippen LogP contribution in [0.15, 0.2) is 0 Å². The van der Waals surface area contributed by atoms with Crippen molar-refractivity contribution in [1.82, 2.24) is 15.1 Å². The Bertz CT molecular complexity index is 173. The fourth-order valence-electron chi connectivity index (χ4n) is 2.26. The molecular formula is C11H25N3O. The quantitative estimate of drug-likeness (QED) is 0.654. The van der Waals surface area contributed by atoms with E-state index in [2.05, 4.69) is 29.0 Å². The molecule has 0 spiro atoms. The molecule has 1 fully saturated rings. The highest BCUT2D eigenvalue weighted by Crippen LogP contribution is 2.08. The second-order valence-electron chi connectivity index (χ2n) is 4.41. The van der Waals surface area contributed by atoms with Crippen LogP contribution >= 0.6 is 0 Å². The maximum absolute atomic E-state index is 9.12. The first-order chi connectivity index (χ1) is 7.21. The molecule has 0 aromatic carbocycles. The highest BCUT2D eigenvalue weighted by atomic mass is 16.3. The van der Waals surface area contributed by atoms with Crippen LogP contribution in [0.1, 0.15) is 13.8 Å². The van der Waals surface area contributed by atoms with Gasteiger partial charge in [-0.05, 0) is 20.5 Å². The zero-order valence-electron chi connectivity index (χ0n) is 10.2. The Morgan fingerprint density at radius 1 is 1.47 bits per heavy atom. The Morgan fingerprint density at radius 2 is 2.20 bits per heavy atom. The zero-order chi connectivity index (χ0) is 11.3. The van der Waals surface area contributed by atoms with Crippen molar-refractivity contribution >= 4 is 0 Å². The number of likely N-dealkylation sites (N-methyl/N-ethyl adjacent to an activating group) is 2. The Kier molecular flexibility index (Phi) is 5.53. The van der Waals surface area contributed by atoms with Crippen LogP contribution in [0.3, 0.4) is 0 Å². The molecule has 1 heterocycles. The SMILES string of the molecule is CCN1CCN(CC(CO)NC)CC1C. The molecule has 4 nitrogen and oxygen atoms in total. The molecule has 0 radical (unpaired) electrons. The van der Waals surface area contributed by atoms with Crippen LogP contribution in [0.25, 0.3) is 0 Å². The monoisotopic (exact) mass is 215 g/mol. The van der Waals surface area contributed by atoms with Crippen LogP contribution in [0.4, 0.5) is 0 Å². The van der Waals surface area contributed by atoms with Crippen LogP contribution in [-0.2, 0) is 0 Å². The van der Waals surface area contributed by atoms with E-state index in [1.165, 1.54) is 0 Å². The van der Waals surface area contributed by atoms with Crippen LogP contribution in [0.2, 0.25) is 0 Å². The number of piperazine rings is 1. The van der Waals surface area contributed by atoms with Gasteiger partial charge in [0, 0.05) is 38.3 Å². The van der Waals surface area contributed by atoms with Gasteiger partial charge in [-0.2, -0.15) is 0 Å². The largest absolute Gasteiger partial charge is 0.395 e. The summed E-state index contributed by atoms with van der Waals surface area (Å²) in [6.07, 6.45) is 0. The van der Waals surface area contributed by atoms with Gasteiger partial charge in [0.05, 0.1) is 6.61 Å². The van der Waals surface area contributed by atoms with E-state index in [1.807, 2.05) is 7.05 Å². The summed E-state index contributed by atoms with van der Waals surface area (Å²) in [5, 5.41) is 12.3. The van der Waals surface area contributed by atoms with E-state index in [1.54, 1.807) is 0 Å². The van der Waals surface area contributed by atoms with Crippen molar-refractivity contribution in [3.63, 3.8) is 0 Å². The highest BCUT2D eigenvalue weighted by Gasteiger charge is 2.23. The molecule has 0 aliphatic carbocycles. The maximum atomic E-state index is 9.12. The summed E-state index contributed by atoms with van der Waals surface area (Å²) in [5.74, 6) is 0. The molecular weight excluding hydrogens is 190 g/mol. The van der Waals surface area contributed by atoms with E-state index in [0.29, 0.717) is 6.04 Å². The van der Waals surface area contributed by atoms with Crippen molar-refractivity contribution in [2.75, 3.05) is 46.4 Å². The average Bonchev–Trinajstić information content (AvgIpc) is 2.26. The number of nitrogens with one attached hydrogen (secondary N) is 1. The van der Waals surface area contributed by atoms with E-state index in [9.17, 15) is 0 Å². The molecule has 2 unspecified atom stereocenters. The second kappa shape index (κ2) is 6.43. The third-order valence-corrected chi connectivity index (χ3v) is 3.36. The van der Waals surface area contributed by atoms with Crippen LogP contribution in [0.5, 0.6) is 0 Å².